The summed E-state index contributed by atoms with van der Waals surface area (Å²) < 4.78 is 5.82. The van der Waals surface area contributed by atoms with Gasteiger partial charge in [0.1, 0.15) is 11.9 Å². The molecule has 1 aliphatic rings. The lowest BCUT2D eigenvalue weighted by Gasteiger charge is -2.33. The zero-order chi connectivity index (χ0) is 10.3. The van der Waals surface area contributed by atoms with Gasteiger partial charge in [-0.1, -0.05) is 6.07 Å². The Morgan fingerprint density at radius 1 is 1.36 bits per heavy atom. The first kappa shape index (κ1) is 9.38. The Bertz CT molecular complexity index is 360. The van der Waals surface area contributed by atoms with Gasteiger partial charge in [0.25, 0.3) is 0 Å². The monoisotopic (exact) mass is 191 g/mol. The summed E-state index contributed by atoms with van der Waals surface area (Å²) in [5, 5.41) is 0. The van der Waals surface area contributed by atoms with Crippen molar-refractivity contribution in [1.29, 1.82) is 0 Å². The van der Waals surface area contributed by atoms with Crippen LogP contribution in [0.4, 0.5) is 5.69 Å². The van der Waals surface area contributed by atoms with Crippen LogP contribution < -0.4 is 9.64 Å². The highest BCUT2D eigenvalue weighted by Crippen LogP contribution is 2.36. The van der Waals surface area contributed by atoms with Crippen LogP contribution in [-0.2, 0) is 0 Å². The summed E-state index contributed by atoms with van der Waals surface area (Å²) >= 11 is 0. The minimum atomic E-state index is 0.286. The molecule has 0 fully saturated rings. The van der Waals surface area contributed by atoms with E-state index in [2.05, 4.69) is 44.9 Å². The average Bonchev–Trinajstić information content (AvgIpc) is 1.99. The van der Waals surface area contributed by atoms with Gasteiger partial charge in [0.05, 0.1) is 12.2 Å². The average molecular weight is 191 g/mol. The molecule has 0 spiro atoms. The van der Waals surface area contributed by atoms with Crippen LogP contribution in [0.5, 0.6) is 5.75 Å². The Kier molecular flexibility index (Phi) is 2.14. The van der Waals surface area contributed by atoms with Crippen LogP contribution in [0.2, 0.25) is 0 Å². The zero-order valence-corrected chi connectivity index (χ0v) is 9.29. The zero-order valence-electron chi connectivity index (χ0n) is 9.29. The number of hydrogen-bond acceptors (Lipinski definition) is 2. The molecule has 1 atom stereocenters. The van der Waals surface area contributed by atoms with E-state index in [0.29, 0.717) is 0 Å². The van der Waals surface area contributed by atoms with Gasteiger partial charge in [-0.2, -0.15) is 0 Å². The molecule has 0 bridgehead atoms. The topological polar surface area (TPSA) is 12.5 Å². The minimum Gasteiger partial charge on any atom is -0.487 e. The third-order valence-corrected chi connectivity index (χ3v) is 2.65. The van der Waals surface area contributed by atoms with Crippen molar-refractivity contribution < 1.29 is 4.74 Å². The quantitative estimate of drug-likeness (QED) is 0.624. The van der Waals surface area contributed by atoms with Crippen molar-refractivity contribution in [3.8, 4) is 5.75 Å². The SMILES string of the molecule is Cc1cc(C)c2c(c1)OC(C)CN2C. The lowest BCUT2D eigenvalue weighted by atomic mass is 10.1. The Morgan fingerprint density at radius 3 is 2.79 bits per heavy atom. The fourth-order valence-electron chi connectivity index (χ4n) is 2.23. The molecule has 1 aromatic rings. The summed E-state index contributed by atoms with van der Waals surface area (Å²) in [7, 11) is 2.13. The van der Waals surface area contributed by atoms with E-state index in [9.17, 15) is 0 Å². The normalized spacial score (nSPS) is 20.3. The van der Waals surface area contributed by atoms with E-state index in [1.165, 1.54) is 16.8 Å². The number of aryl methyl sites for hydroxylation is 2. The second-order valence-corrected chi connectivity index (χ2v) is 4.24. The van der Waals surface area contributed by atoms with E-state index >= 15 is 0 Å². The number of rotatable bonds is 0. The highest BCUT2D eigenvalue weighted by Gasteiger charge is 2.21. The molecule has 76 valence electrons. The maximum absolute atomic E-state index is 5.82. The van der Waals surface area contributed by atoms with Gasteiger partial charge in [0, 0.05) is 7.05 Å². The molecule has 0 saturated heterocycles. The van der Waals surface area contributed by atoms with Gasteiger partial charge in [-0.05, 0) is 38.0 Å². The molecular formula is C12H17NO. The smallest absolute Gasteiger partial charge is 0.143 e. The highest BCUT2D eigenvalue weighted by atomic mass is 16.5. The summed E-state index contributed by atoms with van der Waals surface area (Å²) in [5.41, 5.74) is 3.81. The van der Waals surface area contributed by atoms with Crippen LogP contribution in [0.3, 0.4) is 0 Å². The molecule has 1 heterocycles. The fraction of sp³-hybridized carbons (Fsp3) is 0.500. The minimum absolute atomic E-state index is 0.286. The van der Waals surface area contributed by atoms with Crippen LogP contribution in [0.1, 0.15) is 18.1 Å². The van der Waals surface area contributed by atoms with Gasteiger partial charge in [-0.3, -0.25) is 0 Å². The molecule has 0 saturated carbocycles. The molecule has 1 unspecified atom stereocenters. The first-order chi connectivity index (χ1) is 6.58. The Labute approximate surface area is 85.5 Å². The summed E-state index contributed by atoms with van der Waals surface area (Å²) in [6.07, 6.45) is 0.286. The maximum Gasteiger partial charge on any atom is 0.143 e. The summed E-state index contributed by atoms with van der Waals surface area (Å²) in [6.45, 7) is 7.32. The van der Waals surface area contributed by atoms with Crippen molar-refractivity contribution >= 4 is 5.69 Å². The van der Waals surface area contributed by atoms with Crippen LogP contribution in [0.25, 0.3) is 0 Å². The van der Waals surface area contributed by atoms with E-state index in [0.717, 1.165) is 12.3 Å². The number of anilines is 1. The Balaban J connectivity index is 2.53. The molecule has 2 rings (SSSR count). The highest BCUT2D eigenvalue weighted by molar-refractivity contribution is 5.65. The van der Waals surface area contributed by atoms with Crippen LogP contribution in [0, 0.1) is 13.8 Å². The molecule has 2 heteroatoms. The fourth-order valence-corrected chi connectivity index (χ4v) is 2.23. The van der Waals surface area contributed by atoms with Gasteiger partial charge in [-0.15, -0.1) is 0 Å². The second-order valence-electron chi connectivity index (χ2n) is 4.24. The third kappa shape index (κ3) is 1.45. The second kappa shape index (κ2) is 3.19. The Hall–Kier alpha value is -1.18. The predicted molar refractivity (Wildman–Crippen MR) is 59.3 cm³/mol. The standard InChI is InChI=1S/C12H17NO/c1-8-5-9(2)12-11(6-8)14-10(3)7-13(12)4/h5-6,10H,7H2,1-4H3. The van der Waals surface area contributed by atoms with Crippen LogP contribution >= 0.6 is 0 Å². The molecule has 2 nitrogen and oxygen atoms in total. The van der Waals surface area contributed by atoms with Crippen molar-refractivity contribution in [2.45, 2.75) is 26.9 Å². The molecule has 14 heavy (non-hydrogen) atoms. The van der Waals surface area contributed by atoms with Crippen molar-refractivity contribution in [2.75, 3.05) is 18.5 Å². The van der Waals surface area contributed by atoms with Gasteiger partial charge in [0.15, 0.2) is 0 Å². The predicted octanol–water partition coefficient (Wildman–Crippen LogP) is 2.52. The summed E-state index contributed by atoms with van der Waals surface area (Å²) in [6, 6.07) is 4.32. The van der Waals surface area contributed by atoms with Gasteiger partial charge in [-0.25, -0.2) is 0 Å². The van der Waals surface area contributed by atoms with E-state index in [-0.39, 0.29) is 6.10 Å². The van der Waals surface area contributed by atoms with Crippen molar-refractivity contribution in [2.24, 2.45) is 0 Å². The van der Waals surface area contributed by atoms with Gasteiger partial charge < -0.3 is 9.64 Å². The molecule has 0 N–H and O–H groups in total. The lowest BCUT2D eigenvalue weighted by Crippen LogP contribution is -2.36. The first-order valence-corrected chi connectivity index (χ1v) is 5.07. The number of fused-ring (bicyclic) bond motifs is 1. The number of likely N-dealkylation sites (N-methyl/N-ethyl adjacent to an activating group) is 1. The number of ether oxygens (including phenoxy) is 1. The maximum atomic E-state index is 5.82. The first-order valence-electron chi connectivity index (χ1n) is 5.07. The molecule has 1 aliphatic heterocycles. The third-order valence-electron chi connectivity index (χ3n) is 2.65. The van der Waals surface area contributed by atoms with Crippen molar-refractivity contribution in [3.63, 3.8) is 0 Å². The van der Waals surface area contributed by atoms with E-state index in [4.69, 9.17) is 4.74 Å². The molecule has 0 radical (unpaired) electrons. The van der Waals surface area contributed by atoms with E-state index in [1.54, 1.807) is 0 Å². The molecular weight excluding hydrogens is 174 g/mol. The number of nitrogens with zero attached hydrogens (tertiary/aromatic N) is 1. The van der Waals surface area contributed by atoms with Crippen molar-refractivity contribution in [1.82, 2.24) is 0 Å². The molecule has 1 aromatic carbocycles. The van der Waals surface area contributed by atoms with Crippen LogP contribution in [-0.4, -0.2) is 19.7 Å². The summed E-state index contributed by atoms with van der Waals surface area (Å²) in [4.78, 5) is 2.28. The van der Waals surface area contributed by atoms with Crippen LogP contribution in [0.15, 0.2) is 12.1 Å². The van der Waals surface area contributed by atoms with Gasteiger partial charge in [0.2, 0.25) is 0 Å². The Morgan fingerprint density at radius 2 is 2.07 bits per heavy atom. The summed E-state index contributed by atoms with van der Waals surface area (Å²) in [5.74, 6) is 1.03. The molecule has 0 aromatic heterocycles. The van der Waals surface area contributed by atoms with E-state index < -0.39 is 0 Å². The van der Waals surface area contributed by atoms with Gasteiger partial charge >= 0.3 is 0 Å². The lowest BCUT2D eigenvalue weighted by molar-refractivity contribution is 0.215. The molecule has 0 aliphatic carbocycles. The largest absolute Gasteiger partial charge is 0.487 e. The number of benzene rings is 1. The van der Waals surface area contributed by atoms with Crippen molar-refractivity contribution in [3.05, 3.63) is 23.3 Å². The molecule has 0 amide bonds. The number of hydrogen-bond donors (Lipinski definition) is 0. The van der Waals surface area contributed by atoms with E-state index in [1.807, 2.05) is 0 Å².